The summed E-state index contributed by atoms with van der Waals surface area (Å²) >= 11 is 0. The van der Waals surface area contributed by atoms with Gasteiger partial charge >= 0.3 is 0 Å². The average molecular weight is 195 g/mol. The van der Waals surface area contributed by atoms with Gasteiger partial charge in [-0.05, 0) is 31.9 Å². The lowest BCUT2D eigenvalue weighted by Gasteiger charge is -2.11. The zero-order chi connectivity index (χ0) is 10.6. The van der Waals surface area contributed by atoms with Crippen LogP contribution in [0.25, 0.3) is 0 Å². The Bertz CT molecular complexity index is 297. The highest BCUT2D eigenvalue weighted by Gasteiger charge is 2.08. The second kappa shape index (κ2) is 4.86. The first-order valence-corrected chi connectivity index (χ1v) is 4.84. The van der Waals surface area contributed by atoms with Crippen LogP contribution in [0.5, 0.6) is 11.5 Å². The van der Waals surface area contributed by atoms with Gasteiger partial charge in [0.1, 0.15) is 0 Å². The minimum Gasteiger partial charge on any atom is -0.504 e. The van der Waals surface area contributed by atoms with E-state index in [4.69, 9.17) is 10.5 Å². The molecule has 0 radical (unpaired) electrons. The number of hydrogen-bond acceptors (Lipinski definition) is 3. The van der Waals surface area contributed by atoms with Crippen LogP contribution >= 0.6 is 0 Å². The molecule has 1 aromatic carbocycles. The van der Waals surface area contributed by atoms with Crippen molar-refractivity contribution >= 4 is 0 Å². The molecule has 3 heteroatoms. The van der Waals surface area contributed by atoms with Crippen molar-refractivity contribution in [2.45, 2.75) is 26.3 Å². The molecule has 0 bridgehead atoms. The van der Waals surface area contributed by atoms with Crippen molar-refractivity contribution < 1.29 is 9.84 Å². The Labute approximate surface area is 84.5 Å². The van der Waals surface area contributed by atoms with Gasteiger partial charge in [-0.15, -0.1) is 0 Å². The number of hydrogen-bond donors (Lipinski definition) is 2. The van der Waals surface area contributed by atoms with Crippen LogP contribution in [0.2, 0.25) is 0 Å². The maximum atomic E-state index is 9.79. The molecule has 0 saturated heterocycles. The number of ether oxygens (including phenoxy) is 1. The van der Waals surface area contributed by atoms with E-state index in [2.05, 4.69) is 0 Å². The monoisotopic (exact) mass is 195 g/mol. The van der Waals surface area contributed by atoms with Crippen molar-refractivity contribution in [2.75, 3.05) is 6.61 Å². The highest BCUT2D eigenvalue weighted by molar-refractivity contribution is 5.45. The van der Waals surface area contributed by atoms with Gasteiger partial charge in [0.2, 0.25) is 0 Å². The zero-order valence-corrected chi connectivity index (χ0v) is 8.66. The third kappa shape index (κ3) is 2.64. The van der Waals surface area contributed by atoms with E-state index in [0.717, 1.165) is 5.56 Å². The van der Waals surface area contributed by atoms with E-state index >= 15 is 0 Å². The van der Waals surface area contributed by atoms with Crippen molar-refractivity contribution in [1.29, 1.82) is 0 Å². The Balaban J connectivity index is 2.89. The lowest BCUT2D eigenvalue weighted by atomic mass is 10.1. The summed E-state index contributed by atoms with van der Waals surface area (Å²) in [5.41, 5.74) is 6.50. The number of phenols is 1. The Morgan fingerprint density at radius 3 is 2.79 bits per heavy atom. The molecule has 1 aromatic rings. The van der Waals surface area contributed by atoms with E-state index in [-0.39, 0.29) is 11.8 Å². The summed E-state index contributed by atoms with van der Waals surface area (Å²) in [4.78, 5) is 0. The first-order chi connectivity index (χ1) is 6.65. The molecule has 14 heavy (non-hydrogen) atoms. The van der Waals surface area contributed by atoms with Crippen LogP contribution in [0.3, 0.4) is 0 Å². The van der Waals surface area contributed by atoms with E-state index in [9.17, 15) is 5.11 Å². The van der Waals surface area contributed by atoms with Gasteiger partial charge < -0.3 is 15.6 Å². The molecule has 0 aliphatic heterocycles. The first kappa shape index (κ1) is 10.9. The lowest BCUT2D eigenvalue weighted by Crippen LogP contribution is -2.17. The molecule has 78 valence electrons. The largest absolute Gasteiger partial charge is 0.504 e. The van der Waals surface area contributed by atoms with Gasteiger partial charge in [-0.1, -0.05) is 12.1 Å². The van der Waals surface area contributed by atoms with Gasteiger partial charge in [-0.3, -0.25) is 0 Å². The average Bonchev–Trinajstić information content (AvgIpc) is 2.11. The molecule has 0 aromatic heterocycles. The molecule has 0 spiro atoms. The number of para-hydroxylation sites is 1. The van der Waals surface area contributed by atoms with Crippen molar-refractivity contribution in [3.63, 3.8) is 0 Å². The highest BCUT2D eigenvalue weighted by Crippen LogP contribution is 2.30. The number of aromatic hydroxyl groups is 1. The highest BCUT2D eigenvalue weighted by atomic mass is 16.5. The molecular weight excluding hydrogens is 178 g/mol. The summed E-state index contributed by atoms with van der Waals surface area (Å²) in [7, 11) is 0. The maximum Gasteiger partial charge on any atom is 0.161 e. The molecule has 0 heterocycles. The van der Waals surface area contributed by atoms with Crippen molar-refractivity contribution in [2.24, 2.45) is 5.73 Å². The van der Waals surface area contributed by atoms with Gasteiger partial charge in [-0.2, -0.15) is 0 Å². The Morgan fingerprint density at radius 2 is 2.21 bits per heavy atom. The fraction of sp³-hybridized carbons (Fsp3) is 0.455. The number of phenolic OH excluding ortho intramolecular Hbond substituents is 1. The van der Waals surface area contributed by atoms with Gasteiger partial charge in [-0.25, -0.2) is 0 Å². The normalized spacial score (nSPS) is 12.5. The van der Waals surface area contributed by atoms with Crippen molar-refractivity contribution in [3.8, 4) is 11.5 Å². The molecule has 0 aliphatic rings. The molecule has 0 fully saturated rings. The zero-order valence-electron chi connectivity index (χ0n) is 8.66. The molecular formula is C11H17NO2. The number of nitrogens with two attached hydrogens (primary N) is 1. The summed E-state index contributed by atoms with van der Waals surface area (Å²) in [6.07, 6.45) is 0.659. The summed E-state index contributed by atoms with van der Waals surface area (Å²) in [5, 5.41) is 9.79. The van der Waals surface area contributed by atoms with E-state index in [0.29, 0.717) is 18.8 Å². The summed E-state index contributed by atoms with van der Waals surface area (Å²) in [5.74, 6) is 0.748. The predicted molar refractivity (Wildman–Crippen MR) is 56.6 cm³/mol. The number of rotatable bonds is 4. The molecule has 1 rings (SSSR count). The van der Waals surface area contributed by atoms with Crippen LogP contribution in [0, 0.1) is 0 Å². The third-order valence-electron chi connectivity index (χ3n) is 1.92. The molecule has 0 unspecified atom stereocenters. The van der Waals surface area contributed by atoms with E-state index < -0.39 is 0 Å². The Hall–Kier alpha value is -1.22. The SMILES string of the molecule is CCOc1cccc(C[C@@H](C)N)c1O. The lowest BCUT2D eigenvalue weighted by molar-refractivity contribution is 0.316. The van der Waals surface area contributed by atoms with Gasteiger partial charge in [0.25, 0.3) is 0 Å². The predicted octanol–water partition coefficient (Wildman–Crippen LogP) is 1.68. The third-order valence-corrected chi connectivity index (χ3v) is 1.92. The quantitative estimate of drug-likeness (QED) is 0.768. The first-order valence-electron chi connectivity index (χ1n) is 4.84. The Kier molecular flexibility index (Phi) is 3.77. The van der Waals surface area contributed by atoms with E-state index in [1.807, 2.05) is 26.0 Å². The summed E-state index contributed by atoms with van der Waals surface area (Å²) < 4.78 is 5.27. The van der Waals surface area contributed by atoms with Crippen LogP contribution in [0.15, 0.2) is 18.2 Å². The fourth-order valence-electron chi connectivity index (χ4n) is 1.35. The van der Waals surface area contributed by atoms with E-state index in [1.54, 1.807) is 6.07 Å². The van der Waals surface area contributed by atoms with Crippen molar-refractivity contribution in [1.82, 2.24) is 0 Å². The molecule has 3 nitrogen and oxygen atoms in total. The van der Waals surface area contributed by atoms with Gasteiger partial charge in [0, 0.05) is 6.04 Å². The van der Waals surface area contributed by atoms with Gasteiger partial charge in [0.15, 0.2) is 11.5 Å². The van der Waals surface area contributed by atoms with Crippen LogP contribution < -0.4 is 10.5 Å². The molecule has 3 N–H and O–H groups in total. The summed E-state index contributed by atoms with van der Waals surface area (Å²) in [6.45, 7) is 4.35. The second-order valence-electron chi connectivity index (χ2n) is 3.38. The summed E-state index contributed by atoms with van der Waals surface area (Å²) in [6, 6.07) is 5.52. The fourth-order valence-corrected chi connectivity index (χ4v) is 1.35. The standard InChI is InChI=1S/C11H17NO2/c1-3-14-10-6-4-5-9(11(10)13)7-8(2)12/h4-6,8,13H,3,7,12H2,1-2H3/t8-/m1/s1. The number of benzene rings is 1. The van der Waals surface area contributed by atoms with Crippen LogP contribution in [-0.4, -0.2) is 17.8 Å². The minimum atomic E-state index is 0.0396. The van der Waals surface area contributed by atoms with Gasteiger partial charge in [0.05, 0.1) is 6.61 Å². The molecule has 0 amide bonds. The Morgan fingerprint density at radius 1 is 1.50 bits per heavy atom. The van der Waals surface area contributed by atoms with Crippen LogP contribution in [0.4, 0.5) is 0 Å². The second-order valence-corrected chi connectivity index (χ2v) is 3.38. The molecule has 1 atom stereocenters. The smallest absolute Gasteiger partial charge is 0.161 e. The molecule has 0 saturated carbocycles. The van der Waals surface area contributed by atoms with Crippen LogP contribution in [-0.2, 0) is 6.42 Å². The topological polar surface area (TPSA) is 55.5 Å². The van der Waals surface area contributed by atoms with Crippen LogP contribution in [0.1, 0.15) is 19.4 Å². The van der Waals surface area contributed by atoms with Crippen molar-refractivity contribution in [3.05, 3.63) is 23.8 Å². The van der Waals surface area contributed by atoms with E-state index in [1.165, 1.54) is 0 Å². The maximum absolute atomic E-state index is 9.79. The molecule has 0 aliphatic carbocycles. The minimum absolute atomic E-state index is 0.0396.